The van der Waals surface area contributed by atoms with E-state index in [-0.39, 0.29) is 34.6 Å². The SMILES string of the molecule is C#CC=CC1OC2CC1OC(CC)C(Br)CC2Cl. The van der Waals surface area contributed by atoms with Crippen molar-refractivity contribution < 1.29 is 9.47 Å². The monoisotopic (exact) mass is 332 g/mol. The van der Waals surface area contributed by atoms with Crippen molar-refractivity contribution in [3.05, 3.63) is 12.2 Å². The number of fused-ring (bicyclic) bond motifs is 2. The fourth-order valence-electron chi connectivity index (χ4n) is 2.57. The molecule has 2 saturated heterocycles. The highest BCUT2D eigenvalue weighted by atomic mass is 79.9. The summed E-state index contributed by atoms with van der Waals surface area (Å²) in [5.41, 5.74) is 0. The molecule has 0 spiro atoms. The van der Waals surface area contributed by atoms with Crippen LogP contribution in [0.15, 0.2) is 12.2 Å². The predicted molar refractivity (Wildman–Crippen MR) is 77.2 cm³/mol. The molecule has 6 unspecified atom stereocenters. The van der Waals surface area contributed by atoms with Crippen molar-refractivity contribution in [1.29, 1.82) is 0 Å². The fourth-order valence-corrected chi connectivity index (χ4v) is 4.04. The van der Waals surface area contributed by atoms with Crippen molar-refractivity contribution in [2.75, 3.05) is 0 Å². The molecule has 0 N–H and O–H groups in total. The fraction of sp³-hybridized carbons (Fsp3) is 0.714. The number of rotatable bonds is 2. The van der Waals surface area contributed by atoms with Gasteiger partial charge in [-0.15, -0.1) is 18.0 Å². The third-order valence-electron chi connectivity index (χ3n) is 3.55. The van der Waals surface area contributed by atoms with Crippen LogP contribution in [0.5, 0.6) is 0 Å². The highest BCUT2D eigenvalue weighted by Gasteiger charge is 2.43. The van der Waals surface area contributed by atoms with E-state index in [0.717, 1.165) is 19.3 Å². The molecule has 0 aromatic heterocycles. The van der Waals surface area contributed by atoms with Gasteiger partial charge in [-0.2, -0.15) is 0 Å². The first-order chi connectivity index (χ1) is 8.65. The lowest BCUT2D eigenvalue weighted by Gasteiger charge is -2.30. The van der Waals surface area contributed by atoms with Gasteiger partial charge in [0.2, 0.25) is 0 Å². The number of alkyl halides is 2. The molecule has 0 aliphatic carbocycles. The number of ether oxygens (including phenoxy) is 2. The minimum Gasteiger partial charge on any atom is -0.371 e. The van der Waals surface area contributed by atoms with E-state index in [1.54, 1.807) is 6.08 Å². The molecule has 2 bridgehead atoms. The average Bonchev–Trinajstić information content (AvgIpc) is 2.76. The molecule has 0 aromatic carbocycles. The van der Waals surface area contributed by atoms with Crippen molar-refractivity contribution in [1.82, 2.24) is 0 Å². The van der Waals surface area contributed by atoms with E-state index >= 15 is 0 Å². The van der Waals surface area contributed by atoms with Gasteiger partial charge in [-0.25, -0.2) is 0 Å². The molecule has 2 aliphatic heterocycles. The molecule has 2 nitrogen and oxygen atoms in total. The van der Waals surface area contributed by atoms with Crippen LogP contribution in [0.1, 0.15) is 26.2 Å². The van der Waals surface area contributed by atoms with Crippen molar-refractivity contribution in [3.63, 3.8) is 0 Å². The Balaban J connectivity index is 2.14. The Morgan fingerprint density at radius 2 is 2.17 bits per heavy atom. The molecule has 4 heteroatoms. The molecule has 6 atom stereocenters. The van der Waals surface area contributed by atoms with E-state index in [4.69, 9.17) is 27.5 Å². The molecule has 2 heterocycles. The second kappa shape index (κ2) is 6.43. The Hall–Kier alpha value is -0.0100. The number of allylic oxidation sites excluding steroid dienone is 1. The zero-order valence-corrected chi connectivity index (χ0v) is 12.7. The summed E-state index contributed by atoms with van der Waals surface area (Å²) in [6.45, 7) is 2.13. The molecule has 0 saturated carbocycles. The molecule has 0 aromatic rings. The van der Waals surface area contributed by atoms with Crippen LogP contribution >= 0.6 is 27.5 Å². The number of hydrogen-bond acceptors (Lipinski definition) is 2. The van der Waals surface area contributed by atoms with E-state index in [2.05, 4.69) is 28.8 Å². The maximum Gasteiger partial charge on any atom is 0.103 e. The van der Waals surface area contributed by atoms with E-state index in [9.17, 15) is 0 Å². The van der Waals surface area contributed by atoms with Gasteiger partial charge in [-0.1, -0.05) is 28.8 Å². The predicted octanol–water partition coefficient (Wildman–Crippen LogP) is 3.27. The summed E-state index contributed by atoms with van der Waals surface area (Å²) in [6, 6.07) is 0. The summed E-state index contributed by atoms with van der Waals surface area (Å²) in [5, 5.41) is 0.0269. The quantitative estimate of drug-likeness (QED) is 0.570. The van der Waals surface area contributed by atoms with Gasteiger partial charge >= 0.3 is 0 Å². The first-order valence-corrected chi connectivity index (χ1v) is 7.72. The largest absolute Gasteiger partial charge is 0.371 e. The Morgan fingerprint density at radius 1 is 1.39 bits per heavy atom. The van der Waals surface area contributed by atoms with Gasteiger partial charge in [0.25, 0.3) is 0 Å². The van der Waals surface area contributed by atoms with Crippen LogP contribution in [0.4, 0.5) is 0 Å². The van der Waals surface area contributed by atoms with Crippen LogP contribution < -0.4 is 0 Å². The van der Waals surface area contributed by atoms with Gasteiger partial charge in [0.05, 0.1) is 23.7 Å². The summed E-state index contributed by atoms with van der Waals surface area (Å²) >= 11 is 10.1. The summed E-state index contributed by atoms with van der Waals surface area (Å²) in [5.74, 6) is 2.49. The minimum absolute atomic E-state index is 0.0269. The third kappa shape index (κ3) is 3.11. The normalized spacial score (nSPS) is 44.6. The summed E-state index contributed by atoms with van der Waals surface area (Å²) in [6.07, 6.45) is 11.7. The number of hydrogen-bond donors (Lipinski definition) is 0. The molecule has 0 amide bonds. The van der Waals surface area contributed by atoms with Crippen LogP contribution in [0, 0.1) is 12.3 Å². The highest BCUT2D eigenvalue weighted by molar-refractivity contribution is 9.09. The van der Waals surface area contributed by atoms with Gasteiger partial charge in [0.15, 0.2) is 0 Å². The van der Waals surface area contributed by atoms with Crippen molar-refractivity contribution >= 4 is 27.5 Å². The van der Waals surface area contributed by atoms with Crippen molar-refractivity contribution in [2.24, 2.45) is 0 Å². The zero-order chi connectivity index (χ0) is 13.1. The van der Waals surface area contributed by atoms with Crippen LogP contribution in [0.2, 0.25) is 0 Å². The summed E-state index contributed by atoms with van der Waals surface area (Å²) < 4.78 is 12.1. The molecule has 100 valence electrons. The molecular formula is C14H18BrClO2. The van der Waals surface area contributed by atoms with E-state index in [0.29, 0.717) is 0 Å². The average molecular weight is 334 g/mol. The first kappa shape index (κ1) is 14.4. The number of terminal acetylenes is 1. The van der Waals surface area contributed by atoms with Gasteiger partial charge in [0, 0.05) is 11.2 Å². The van der Waals surface area contributed by atoms with Gasteiger partial charge in [0.1, 0.15) is 6.10 Å². The molecule has 2 fully saturated rings. The Kier molecular flexibility index (Phi) is 5.14. The summed E-state index contributed by atoms with van der Waals surface area (Å²) in [4.78, 5) is 0.286. The van der Waals surface area contributed by atoms with Gasteiger partial charge < -0.3 is 9.47 Å². The molecule has 2 rings (SSSR count). The van der Waals surface area contributed by atoms with Crippen LogP contribution in [0.25, 0.3) is 0 Å². The van der Waals surface area contributed by atoms with Crippen molar-refractivity contribution in [3.8, 4) is 12.3 Å². The van der Waals surface area contributed by atoms with Gasteiger partial charge in [-0.05, 0) is 25.0 Å². The number of halogens is 2. The van der Waals surface area contributed by atoms with Crippen LogP contribution in [0.3, 0.4) is 0 Å². The van der Waals surface area contributed by atoms with Crippen LogP contribution in [-0.4, -0.2) is 34.6 Å². The maximum absolute atomic E-state index is 6.43. The zero-order valence-electron chi connectivity index (χ0n) is 10.4. The second-order valence-corrected chi connectivity index (χ2v) is 6.53. The van der Waals surface area contributed by atoms with E-state index < -0.39 is 0 Å². The molecule has 18 heavy (non-hydrogen) atoms. The minimum atomic E-state index is -0.0702. The molecule has 0 radical (unpaired) electrons. The summed E-state index contributed by atoms with van der Waals surface area (Å²) in [7, 11) is 0. The molecule has 2 aliphatic rings. The van der Waals surface area contributed by atoms with E-state index in [1.165, 1.54) is 0 Å². The Morgan fingerprint density at radius 3 is 2.83 bits per heavy atom. The first-order valence-electron chi connectivity index (χ1n) is 6.37. The lowest BCUT2D eigenvalue weighted by Crippen LogP contribution is -2.36. The van der Waals surface area contributed by atoms with Crippen molar-refractivity contribution in [2.45, 2.75) is 60.8 Å². The van der Waals surface area contributed by atoms with Gasteiger partial charge in [-0.3, -0.25) is 0 Å². The lowest BCUT2D eigenvalue weighted by molar-refractivity contribution is -0.0358. The van der Waals surface area contributed by atoms with E-state index in [1.807, 2.05) is 6.08 Å². The highest BCUT2D eigenvalue weighted by Crippen LogP contribution is 2.36. The topological polar surface area (TPSA) is 18.5 Å². The standard InChI is InChI=1S/C14H18BrClO2/c1-3-5-6-12-14-8-13(18-12)10(16)7-9(15)11(4-2)17-14/h1,5-6,9-14H,4,7-8H2,2H3. The maximum atomic E-state index is 6.43. The van der Waals surface area contributed by atoms with Crippen LogP contribution in [-0.2, 0) is 9.47 Å². The Bertz CT molecular complexity index is 352. The third-order valence-corrected chi connectivity index (χ3v) is 4.98. The Labute approximate surface area is 122 Å². The smallest absolute Gasteiger partial charge is 0.103 e. The second-order valence-electron chi connectivity index (χ2n) is 4.79. The molecular weight excluding hydrogens is 316 g/mol. The lowest BCUT2D eigenvalue weighted by atomic mass is 10.00.